The van der Waals surface area contributed by atoms with Crippen LogP contribution in [0, 0.1) is 0 Å². The fourth-order valence-electron chi connectivity index (χ4n) is 4.28. The van der Waals surface area contributed by atoms with Crippen LogP contribution in [0.15, 0.2) is 55.9 Å². The van der Waals surface area contributed by atoms with Crippen LogP contribution in [0.2, 0.25) is 0 Å². The van der Waals surface area contributed by atoms with E-state index >= 15 is 0 Å². The van der Waals surface area contributed by atoms with Crippen molar-refractivity contribution in [1.82, 2.24) is 4.57 Å². The standard InChI is InChI=1S/C27H27BrN2O7S/c1-7-37-26(32)23-14(2)29-27-30(24(23)17-12-16(33-3)8-9-19(17)34-4)25(31)22(38-27)11-15-10-18(28)21(36-6)13-20(15)35-5/h8-13,24H,7H2,1-6H3/b22-11-. The number of aromatic nitrogens is 1. The predicted molar refractivity (Wildman–Crippen MR) is 147 cm³/mol. The molecule has 0 N–H and O–H groups in total. The molecule has 4 rings (SSSR count). The number of methoxy groups -OCH3 is 4. The second kappa shape index (κ2) is 11.4. The zero-order valence-corrected chi connectivity index (χ0v) is 24.2. The van der Waals surface area contributed by atoms with Gasteiger partial charge < -0.3 is 23.7 Å². The van der Waals surface area contributed by atoms with Crippen LogP contribution < -0.4 is 33.8 Å². The first-order chi connectivity index (χ1) is 18.3. The predicted octanol–water partition coefficient (Wildman–Crippen LogP) is 3.60. The molecule has 2 heterocycles. The number of fused-ring (bicyclic) bond motifs is 1. The number of nitrogens with zero attached hydrogens (tertiary/aromatic N) is 2. The highest BCUT2D eigenvalue weighted by molar-refractivity contribution is 9.10. The van der Waals surface area contributed by atoms with Gasteiger partial charge in [-0.25, -0.2) is 9.79 Å². The molecule has 1 atom stereocenters. The van der Waals surface area contributed by atoms with Gasteiger partial charge in [-0.2, -0.15) is 0 Å². The Morgan fingerprint density at radius 1 is 1.05 bits per heavy atom. The minimum absolute atomic E-state index is 0.175. The average Bonchev–Trinajstić information content (AvgIpc) is 3.21. The summed E-state index contributed by atoms with van der Waals surface area (Å²) in [6.45, 7) is 3.63. The molecule has 3 aromatic rings. The monoisotopic (exact) mass is 602 g/mol. The summed E-state index contributed by atoms with van der Waals surface area (Å²) in [6, 6.07) is 7.94. The van der Waals surface area contributed by atoms with E-state index in [0.717, 1.165) is 0 Å². The Morgan fingerprint density at radius 2 is 1.76 bits per heavy atom. The molecule has 0 bridgehead atoms. The third-order valence-corrected chi connectivity index (χ3v) is 7.64. The first-order valence-corrected chi connectivity index (χ1v) is 13.2. The molecule has 9 nitrogen and oxygen atoms in total. The molecule has 1 aliphatic heterocycles. The van der Waals surface area contributed by atoms with Crippen molar-refractivity contribution in [1.29, 1.82) is 0 Å². The normalized spacial score (nSPS) is 15.0. The van der Waals surface area contributed by atoms with Crippen molar-refractivity contribution in [3.8, 4) is 23.0 Å². The number of carbonyl (C=O) groups is 1. The van der Waals surface area contributed by atoms with Gasteiger partial charge in [0, 0.05) is 17.2 Å². The molecule has 1 aliphatic rings. The fourth-order valence-corrected chi connectivity index (χ4v) is 5.84. The van der Waals surface area contributed by atoms with Crippen LogP contribution in [0.4, 0.5) is 0 Å². The van der Waals surface area contributed by atoms with Crippen molar-refractivity contribution in [2.75, 3.05) is 35.0 Å². The summed E-state index contributed by atoms with van der Waals surface area (Å²) < 4.78 is 30.0. The lowest BCUT2D eigenvalue weighted by molar-refractivity contribution is -0.139. The van der Waals surface area contributed by atoms with Crippen molar-refractivity contribution in [3.63, 3.8) is 0 Å². The summed E-state index contributed by atoms with van der Waals surface area (Å²) in [6.07, 6.45) is 1.73. The lowest BCUT2D eigenvalue weighted by atomic mass is 9.94. The van der Waals surface area contributed by atoms with Crippen LogP contribution in [-0.2, 0) is 9.53 Å². The van der Waals surface area contributed by atoms with Crippen LogP contribution in [0.3, 0.4) is 0 Å². The Balaban J connectivity index is 2.02. The Kier molecular flexibility index (Phi) is 8.27. The fraction of sp³-hybridized carbons (Fsp3) is 0.296. The average molecular weight is 603 g/mol. The topological polar surface area (TPSA) is 97.6 Å². The number of carbonyl (C=O) groups excluding carboxylic acids is 1. The molecule has 200 valence electrons. The van der Waals surface area contributed by atoms with E-state index in [9.17, 15) is 9.59 Å². The molecule has 0 amide bonds. The van der Waals surface area contributed by atoms with Crippen LogP contribution in [0.1, 0.15) is 31.0 Å². The van der Waals surface area contributed by atoms with Gasteiger partial charge in [0.2, 0.25) is 0 Å². The number of thiazole rings is 1. The maximum Gasteiger partial charge on any atom is 0.338 e. The Labute approximate surface area is 231 Å². The maximum absolute atomic E-state index is 14.0. The highest BCUT2D eigenvalue weighted by Crippen LogP contribution is 2.38. The van der Waals surface area contributed by atoms with E-state index in [1.165, 1.54) is 23.0 Å². The van der Waals surface area contributed by atoms with Crippen molar-refractivity contribution in [2.45, 2.75) is 19.9 Å². The molecule has 0 radical (unpaired) electrons. The number of esters is 1. The summed E-state index contributed by atoms with van der Waals surface area (Å²) in [5.41, 5.74) is 1.62. The molecule has 1 unspecified atom stereocenters. The lowest BCUT2D eigenvalue weighted by Crippen LogP contribution is -2.40. The Hall–Kier alpha value is -3.57. The van der Waals surface area contributed by atoms with Crippen LogP contribution in [0.25, 0.3) is 6.08 Å². The number of hydrogen-bond acceptors (Lipinski definition) is 9. The summed E-state index contributed by atoms with van der Waals surface area (Å²) >= 11 is 4.70. The van der Waals surface area contributed by atoms with Gasteiger partial charge in [0.15, 0.2) is 4.80 Å². The summed E-state index contributed by atoms with van der Waals surface area (Å²) in [5, 5.41) is 0. The van der Waals surface area contributed by atoms with Gasteiger partial charge in [-0.3, -0.25) is 9.36 Å². The van der Waals surface area contributed by atoms with Gasteiger partial charge in [-0.15, -0.1) is 0 Å². The molecule has 0 spiro atoms. The summed E-state index contributed by atoms with van der Waals surface area (Å²) in [4.78, 5) is 32.2. The van der Waals surface area contributed by atoms with Crippen molar-refractivity contribution in [2.24, 2.45) is 4.99 Å². The molecule has 0 saturated carbocycles. The zero-order chi connectivity index (χ0) is 27.6. The molecule has 1 aromatic heterocycles. The third-order valence-electron chi connectivity index (χ3n) is 6.04. The van der Waals surface area contributed by atoms with Crippen LogP contribution in [-0.4, -0.2) is 45.6 Å². The van der Waals surface area contributed by atoms with E-state index in [2.05, 4.69) is 20.9 Å². The molecule has 0 aliphatic carbocycles. The minimum Gasteiger partial charge on any atom is -0.497 e. The largest absolute Gasteiger partial charge is 0.497 e. The number of allylic oxidation sites excluding steroid dienone is 1. The highest BCUT2D eigenvalue weighted by Gasteiger charge is 2.35. The van der Waals surface area contributed by atoms with E-state index in [1.54, 1.807) is 65.5 Å². The molecule has 0 fully saturated rings. The van der Waals surface area contributed by atoms with Gasteiger partial charge in [-0.1, -0.05) is 11.3 Å². The number of benzene rings is 2. The van der Waals surface area contributed by atoms with E-state index in [1.807, 2.05) is 6.07 Å². The van der Waals surface area contributed by atoms with E-state index < -0.39 is 12.0 Å². The smallest absolute Gasteiger partial charge is 0.338 e. The van der Waals surface area contributed by atoms with Crippen LogP contribution in [0.5, 0.6) is 23.0 Å². The van der Waals surface area contributed by atoms with Gasteiger partial charge in [0.1, 0.15) is 29.0 Å². The number of ether oxygens (including phenoxy) is 5. The van der Waals surface area contributed by atoms with Gasteiger partial charge >= 0.3 is 5.97 Å². The summed E-state index contributed by atoms with van der Waals surface area (Å²) in [7, 11) is 6.19. The number of hydrogen-bond donors (Lipinski definition) is 0. The minimum atomic E-state index is -0.845. The highest BCUT2D eigenvalue weighted by atomic mass is 79.9. The SMILES string of the molecule is CCOC(=O)C1=C(C)N=c2s/c(=C\c3cc(Br)c(OC)cc3OC)c(=O)n2C1c1cc(OC)ccc1OC. The second-order valence-electron chi connectivity index (χ2n) is 8.14. The maximum atomic E-state index is 14.0. The van der Waals surface area contributed by atoms with Crippen molar-refractivity contribution in [3.05, 3.63) is 76.9 Å². The third kappa shape index (κ3) is 4.95. The van der Waals surface area contributed by atoms with Gasteiger partial charge in [-0.05, 0) is 60.1 Å². The molecular weight excluding hydrogens is 576 g/mol. The van der Waals surface area contributed by atoms with Crippen molar-refractivity contribution < 1.29 is 28.5 Å². The number of rotatable bonds is 8. The molecule has 11 heteroatoms. The van der Waals surface area contributed by atoms with E-state index in [-0.39, 0.29) is 17.7 Å². The molecule has 0 saturated heterocycles. The van der Waals surface area contributed by atoms with E-state index in [4.69, 9.17) is 23.7 Å². The number of halogens is 1. The van der Waals surface area contributed by atoms with E-state index in [0.29, 0.717) is 53.6 Å². The summed E-state index contributed by atoms with van der Waals surface area (Å²) in [5.74, 6) is 1.61. The lowest BCUT2D eigenvalue weighted by Gasteiger charge is -2.26. The Morgan fingerprint density at radius 3 is 2.39 bits per heavy atom. The van der Waals surface area contributed by atoms with Gasteiger partial charge in [0.25, 0.3) is 5.56 Å². The quantitative estimate of drug-likeness (QED) is 0.363. The van der Waals surface area contributed by atoms with Crippen molar-refractivity contribution >= 4 is 39.3 Å². The molecule has 2 aromatic carbocycles. The molecule has 38 heavy (non-hydrogen) atoms. The Bertz CT molecular complexity index is 1610. The second-order valence-corrected chi connectivity index (χ2v) is 10.0. The zero-order valence-electron chi connectivity index (χ0n) is 21.8. The van der Waals surface area contributed by atoms with Gasteiger partial charge in [0.05, 0.1) is 55.3 Å². The first-order valence-electron chi connectivity index (χ1n) is 11.6. The van der Waals surface area contributed by atoms with Crippen LogP contribution >= 0.6 is 27.3 Å². The molecular formula is C27H27BrN2O7S. The first kappa shape index (κ1) is 27.5.